The van der Waals surface area contributed by atoms with Gasteiger partial charge in [0.05, 0.1) is 31.1 Å². The van der Waals surface area contributed by atoms with Crippen molar-refractivity contribution < 1.29 is 31.0 Å². The number of likely N-dealkylation sites (N-methyl/N-ethyl adjacent to an activating group) is 2. The van der Waals surface area contributed by atoms with Crippen LogP contribution >= 0.6 is 0 Å². The topological polar surface area (TPSA) is 102 Å². The van der Waals surface area contributed by atoms with Gasteiger partial charge < -0.3 is 14.2 Å². The summed E-state index contributed by atoms with van der Waals surface area (Å²) < 4.78 is 68.8. The van der Waals surface area contributed by atoms with Crippen LogP contribution in [0.25, 0.3) is 0 Å². The van der Waals surface area contributed by atoms with Gasteiger partial charge in [-0.05, 0) is 24.3 Å². The molecule has 0 aliphatic carbocycles. The Balaban J connectivity index is 2.16. The van der Waals surface area contributed by atoms with Crippen LogP contribution < -0.4 is 14.2 Å². The first kappa shape index (κ1) is 23.9. The van der Waals surface area contributed by atoms with E-state index in [-0.39, 0.29) is 28.6 Å². The molecule has 11 heteroatoms. The van der Waals surface area contributed by atoms with Crippen molar-refractivity contribution in [2.24, 2.45) is 0 Å². The molecule has 0 unspecified atom stereocenters. The van der Waals surface area contributed by atoms with Crippen molar-refractivity contribution in [2.45, 2.75) is 9.79 Å². The molecule has 2 rings (SSSR count). The molecule has 0 aliphatic heterocycles. The minimum absolute atomic E-state index is 0.0148. The van der Waals surface area contributed by atoms with Crippen LogP contribution in [0.15, 0.2) is 52.3 Å². The van der Waals surface area contributed by atoms with Gasteiger partial charge in [-0.15, -0.1) is 0 Å². The number of hydrogen-bond acceptors (Lipinski definition) is 7. The first-order chi connectivity index (χ1) is 14.1. The van der Waals surface area contributed by atoms with Crippen LogP contribution in [0.2, 0.25) is 0 Å². The van der Waals surface area contributed by atoms with Crippen molar-refractivity contribution in [3.8, 4) is 17.2 Å². The first-order valence-electron chi connectivity index (χ1n) is 8.86. The van der Waals surface area contributed by atoms with E-state index in [2.05, 4.69) is 0 Å². The SMILES string of the molecule is COc1cccc(S(=O)(=O)N(C)CCN(C)S(=O)(=O)c2ccc(OC)c(OC)c2)c1. The van der Waals surface area contributed by atoms with E-state index in [1.165, 1.54) is 65.8 Å². The van der Waals surface area contributed by atoms with Gasteiger partial charge in [-0.1, -0.05) is 6.07 Å². The highest BCUT2D eigenvalue weighted by molar-refractivity contribution is 7.89. The molecule has 0 aromatic heterocycles. The second-order valence-electron chi connectivity index (χ2n) is 6.35. The van der Waals surface area contributed by atoms with E-state index in [4.69, 9.17) is 14.2 Å². The molecule has 0 saturated carbocycles. The van der Waals surface area contributed by atoms with E-state index >= 15 is 0 Å². The summed E-state index contributed by atoms with van der Waals surface area (Å²) in [7, 11) is -0.561. The zero-order chi connectivity index (χ0) is 22.5. The lowest BCUT2D eigenvalue weighted by atomic mass is 10.3. The van der Waals surface area contributed by atoms with Crippen LogP contribution in [0.3, 0.4) is 0 Å². The number of nitrogens with zero attached hydrogens (tertiary/aromatic N) is 2. The maximum absolute atomic E-state index is 12.9. The molecule has 30 heavy (non-hydrogen) atoms. The third kappa shape index (κ3) is 5.04. The average molecular weight is 459 g/mol. The van der Waals surface area contributed by atoms with E-state index in [9.17, 15) is 16.8 Å². The molecule has 0 N–H and O–H groups in total. The van der Waals surface area contributed by atoms with Crippen molar-refractivity contribution in [3.05, 3.63) is 42.5 Å². The largest absolute Gasteiger partial charge is 0.497 e. The van der Waals surface area contributed by atoms with Crippen molar-refractivity contribution >= 4 is 20.0 Å². The van der Waals surface area contributed by atoms with Crippen LogP contribution in [-0.2, 0) is 20.0 Å². The van der Waals surface area contributed by atoms with Gasteiger partial charge >= 0.3 is 0 Å². The van der Waals surface area contributed by atoms with Gasteiger partial charge in [0, 0.05) is 39.3 Å². The Bertz CT molecular complexity index is 1090. The molecule has 0 bridgehead atoms. The number of methoxy groups -OCH3 is 3. The summed E-state index contributed by atoms with van der Waals surface area (Å²) in [4.78, 5) is 0.0794. The van der Waals surface area contributed by atoms with Gasteiger partial charge in [0.25, 0.3) is 0 Å². The van der Waals surface area contributed by atoms with E-state index in [0.717, 1.165) is 8.61 Å². The van der Waals surface area contributed by atoms with Gasteiger partial charge in [0.2, 0.25) is 20.0 Å². The first-order valence-corrected chi connectivity index (χ1v) is 11.7. The minimum atomic E-state index is -3.86. The second kappa shape index (κ2) is 9.65. The number of rotatable bonds is 10. The fraction of sp³-hybridized carbons (Fsp3) is 0.368. The van der Waals surface area contributed by atoms with E-state index < -0.39 is 20.0 Å². The summed E-state index contributed by atoms with van der Waals surface area (Å²) in [5.41, 5.74) is 0. The Kier molecular flexibility index (Phi) is 7.70. The van der Waals surface area contributed by atoms with E-state index in [1.807, 2.05) is 0 Å². The maximum Gasteiger partial charge on any atom is 0.242 e. The van der Waals surface area contributed by atoms with Crippen molar-refractivity contribution in [2.75, 3.05) is 48.5 Å². The predicted molar refractivity (Wildman–Crippen MR) is 112 cm³/mol. The summed E-state index contributed by atoms with van der Waals surface area (Å²) in [6.45, 7) is -0.0844. The highest BCUT2D eigenvalue weighted by Crippen LogP contribution is 2.30. The molecular weight excluding hydrogens is 432 g/mol. The van der Waals surface area contributed by atoms with Gasteiger partial charge in [-0.25, -0.2) is 16.8 Å². The van der Waals surface area contributed by atoms with E-state index in [1.54, 1.807) is 12.1 Å². The third-order valence-electron chi connectivity index (χ3n) is 4.54. The molecule has 0 radical (unpaired) electrons. The summed E-state index contributed by atoms with van der Waals surface area (Å²) in [6.07, 6.45) is 0. The number of benzene rings is 2. The van der Waals surface area contributed by atoms with Gasteiger partial charge in [0.15, 0.2) is 11.5 Å². The van der Waals surface area contributed by atoms with Crippen LogP contribution in [0.4, 0.5) is 0 Å². The molecule has 2 aromatic rings. The monoisotopic (exact) mass is 458 g/mol. The number of ether oxygens (including phenoxy) is 3. The summed E-state index contributed by atoms with van der Waals surface area (Å²) in [5.74, 6) is 1.10. The second-order valence-corrected chi connectivity index (χ2v) is 10.4. The van der Waals surface area contributed by atoms with E-state index in [0.29, 0.717) is 11.5 Å². The molecule has 0 atom stereocenters. The van der Waals surface area contributed by atoms with Crippen molar-refractivity contribution in [3.63, 3.8) is 0 Å². The van der Waals surface area contributed by atoms with Crippen LogP contribution in [0, 0.1) is 0 Å². The Morgan fingerprint density at radius 1 is 0.700 bits per heavy atom. The molecular formula is C19H26N2O7S2. The highest BCUT2D eigenvalue weighted by Gasteiger charge is 2.26. The highest BCUT2D eigenvalue weighted by atomic mass is 32.2. The van der Waals surface area contributed by atoms with Gasteiger partial charge in [-0.3, -0.25) is 0 Å². The van der Waals surface area contributed by atoms with Gasteiger partial charge in [0.1, 0.15) is 5.75 Å². The molecule has 0 heterocycles. The molecule has 0 aliphatic rings. The maximum atomic E-state index is 12.9. The molecule has 0 fully saturated rings. The normalized spacial score (nSPS) is 12.2. The zero-order valence-corrected chi connectivity index (χ0v) is 19.2. The fourth-order valence-corrected chi connectivity index (χ4v) is 5.00. The summed E-state index contributed by atoms with van der Waals surface area (Å²) >= 11 is 0. The molecule has 9 nitrogen and oxygen atoms in total. The van der Waals surface area contributed by atoms with Gasteiger partial charge in [-0.2, -0.15) is 8.61 Å². The smallest absolute Gasteiger partial charge is 0.242 e. The zero-order valence-electron chi connectivity index (χ0n) is 17.5. The van der Waals surface area contributed by atoms with Crippen LogP contribution in [-0.4, -0.2) is 74.0 Å². The fourth-order valence-electron chi connectivity index (χ4n) is 2.62. The average Bonchev–Trinajstić information content (AvgIpc) is 2.76. The Morgan fingerprint density at radius 2 is 1.23 bits per heavy atom. The standard InChI is InChI=1S/C19H26N2O7S2/c1-20(29(22,23)16-8-6-7-15(13-16)26-3)11-12-21(2)30(24,25)17-9-10-18(27-4)19(14-17)28-5/h6-10,13-14H,11-12H2,1-5H3. The lowest BCUT2D eigenvalue weighted by Crippen LogP contribution is -2.37. The minimum Gasteiger partial charge on any atom is -0.497 e. The molecule has 0 saturated heterocycles. The lowest BCUT2D eigenvalue weighted by Gasteiger charge is -2.22. The Hall–Kier alpha value is -2.34. The summed E-state index contributed by atoms with van der Waals surface area (Å²) in [6, 6.07) is 10.4. The third-order valence-corrected chi connectivity index (χ3v) is 8.25. The lowest BCUT2D eigenvalue weighted by molar-refractivity contribution is 0.353. The molecule has 166 valence electrons. The Labute approximate surface area is 177 Å². The quantitative estimate of drug-likeness (QED) is 0.533. The summed E-state index contributed by atoms with van der Waals surface area (Å²) in [5, 5.41) is 0. The molecule has 0 amide bonds. The van der Waals surface area contributed by atoms with Crippen LogP contribution in [0.1, 0.15) is 0 Å². The number of sulfonamides is 2. The number of hydrogen-bond donors (Lipinski definition) is 0. The molecule has 2 aromatic carbocycles. The Morgan fingerprint density at radius 3 is 1.73 bits per heavy atom. The predicted octanol–water partition coefficient (Wildman–Crippen LogP) is 1.65. The van der Waals surface area contributed by atoms with Crippen molar-refractivity contribution in [1.29, 1.82) is 0 Å². The van der Waals surface area contributed by atoms with Crippen molar-refractivity contribution in [1.82, 2.24) is 8.61 Å². The van der Waals surface area contributed by atoms with Crippen LogP contribution in [0.5, 0.6) is 17.2 Å². The molecule has 0 spiro atoms.